The van der Waals surface area contributed by atoms with Crippen LogP contribution in [0.2, 0.25) is 0 Å². The first-order valence-electron chi connectivity index (χ1n) is 8.78. The maximum absolute atomic E-state index is 12.8. The molecular weight excluding hydrogens is 302 g/mol. The largest absolute Gasteiger partial charge is 0.364 e. The van der Waals surface area contributed by atoms with E-state index in [0.29, 0.717) is 24.5 Å². The Morgan fingerprint density at radius 1 is 1.25 bits per heavy atom. The molecule has 2 N–H and O–H groups in total. The van der Waals surface area contributed by atoms with Crippen LogP contribution in [-0.2, 0) is 11.3 Å². The number of rotatable bonds is 4. The highest BCUT2D eigenvalue weighted by molar-refractivity contribution is 5.85. The molecular formula is C18H23N5O. The summed E-state index contributed by atoms with van der Waals surface area (Å²) in [6.07, 6.45) is 11.1. The Hall–Kier alpha value is -2.37. The van der Waals surface area contributed by atoms with Gasteiger partial charge in [-0.1, -0.05) is 12.8 Å². The zero-order valence-corrected chi connectivity index (χ0v) is 13.7. The Labute approximate surface area is 141 Å². The number of H-pyrrole nitrogens is 1. The van der Waals surface area contributed by atoms with Gasteiger partial charge in [-0.05, 0) is 43.4 Å². The number of anilines is 1. The van der Waals surface area contributed by atoms with Gasteiger partial charge in [0.1, 0.15) is 6.04 Å². The highest BCUT2D eigenvalue weighted by atomic mass is 16.2. The molecule has 0 radical (unpaired) electrons. The van der Waals surface area contributed by atoms with Crippen molar-refractivity contribution >= 4 is 11.9 Å². The summed E-state index contributed by atoms with van der Waals surface area (Å²) >= 11 is 0. The van der Waals surface area contributed by atoms with E-state index in [9.17, 15) is 4.79 Å². The predicted octanol–water partition coefficient (Wildman–Crippen LogP) is 2.26. The second-order valence-corrected chi connectivity index (χ2v) is 6.73. The third-order valence-corrected chi connectivity index (χ3v) is 5.29. The number of aromatic nitrogens is 3. The Morgan fingerprint density at radius 2 is 2.08 bits per heavy atom. The van der Waals surface area contributed by atoms with E-state index in [0.717, 1.165) is 18.5 Å². The van der Waals surface area contributed by atoms with Crippen molar-refractivity contribution in [3.05, 3.63) is 42.5 Å². The van der Waals surface area contributed by atoms with Crippen LogP contribution < -0.4 is 10.2 Å². The van der Waals surface area contributed by atoms with E-state index in [1.165, 1.54) is 19.3 Å². The lowest BCUT2D eigenvalue weighted by Crippen LogP contribution is -2.47. The number of carbonyl (C=O) groups is 1. The van der Waals surface area contributed by atoms with Crippen LogP contribution >= 0.6 is 0 Å². The third-order valence-electron chi connectivity index (χ3n) is 5.29. The van der Waals surface area contributed by atoms with Crippen molar-refractivity contribution in [3.8, 4) is 0 Å². The number of aromatic amines is 1. The summed E-state index contributed by atoms with van der Waals surface area (Å²) in [4.78, 5) is 27.0. The molecule has 2 aliphatic rings. The molecule has 1 amide bonds. The smallest absolute Gasteiger partial charge is 0.243 e. The van der Waals surface area contributed by atoms with Crippen LogP contribution in [-0.4, -0.2) is 32.9 Å². The van der Waals surface area contributed by atoms with Crippen molar-refractivity contribution in [3.63, 3.8) is 0 Å². The zero-order valence-electron chi connectivity index (χ0n) is 13.7. The van der Waals surface area contributed by atoms with Crippen LogP contribution in [0.5, 0.6) is 0 Å². The molecule has 1 saturated heterocycles. The summed E-state index contributed by atoms with van der Waals surface area (Å²) in [5.41, 5.74) is 1.02. The molecule has 1 aliphatic carbocycles. The van der Waals surface area contributed by atoms with Crippen molar-refractivity contribution in [2.45, 2.75) is 50.7 Å². The van der Waals surface area contributed by atoms with Gasteiger partial charge in [0.25, 0.3) is 0 Å². The number of amides is 1. The first-order valence-corrected chi connectivity index (χ1v) is 8.78. The standard InChI is InChI=1S/C18H23N5O/c24-17(22-12-14-6-3-8-19-14)16-11-13-5-1-2-7-15(13)23(16)18-20-9-4-10-21-18/h3-4,6,8-10,13,15-16,19H,1-2,5,7,11-12H2,(H,22,24). The molecule has 1 aliphatic heterocycles. The Morgan fingerprint density at radius 3 is 2.88 bits per heavy atom. The lowest BCUT2D eigenvalue weighted by atomic mass is 9.85. The van der Waals surface area contributed by atoms with Crippen LogP contribution in [0.3, 0.4) is 0 Å². The summed E-state index contributed by atoms with van der Waals surface area (Å²) in [5, 5.41) is 3.07. The van der Waals surface area contributed by atoms with Gasteiger partial charge in [0.15, 0.2) is 0 Å². The van der Waals surface area contributed by atoms with Crippen molar-refractivity contribution in [2.24, 2.45) is 5.92 Å². The first kappa shape index (κ1) is 15.2. The fourth-order valence-electron chi connectivity index (χ4n) is 4.18. The zero-order chi connectivity index (χ0) is 16.4. The minimum absolute atomic E-state index is 0.0754. The molecule has 0 bridgehead atoms. The summed E-state index contributed by atoms with van der Waals surface area (Å²) in [5.74, 6) is 1.34. The van der Waals surface area contributed by atoms with Crippen LogP contribution in [0, 0.1) is 5.92 Å². The van der Waals surface area contributed by atoms with Gasteiger partial charge in [0.05, 0.1) is 6.54 Å². The summed E-state index contributed by atoms with van der Waals surface area (Å²) < 4.78 is 0. The van der Waals surface area contributed by atoms with Crippen LogP contribution in [0.25, 0.3) is 0 Å². The minimum Gasteiger partial charge on any atom is -0.364 e. The molecule has 6 nitrogen and oxygen atoms in total. The highest BCUT2D eigenvalue weighted by Crippen LogP contribution is 2.41. The van der Waals surface area contributed by atoms with Gasteiger partial charge in [-0.25, -0.2) is 9.97 Å². The van der Waals surface area contributed by atoms with Crippen molar-refractivity contribution in [1.82, 2.24) is 20.3 Å². The normalized spacial score (nSPS) is 26.2. The highest BCUT2D eigenvalue weighted by Gasteiger charge is 2.46. The van der Waals surface area contributed by atoms with E-state index in [1.807, 2.05) is 24.4 Å². The topological polar surface area (TPSA) is 73.9 Å². The van der Waals surface area contributed by atoms with Crippen molar-refractivity contribution in [2.75, 3.05) is 4.90 Å². The molecule has 3 heterocycles. The van der Waals surface area contributed by atoms with E-state index in [4.69, 9.17) is 0 Å². The van der Waals surface area contributed by atoms with Gasteiger partial charge < -0.3 is 15.2 Å². The summed E-state index contributed by atoms with van der Waals surface area (Å²) in [7, 11) is 0. The lowest BCUT2D eigenvalue weighted by molar-refractivity contribution is -0.122. The number of fused-ring (bicyclic) bond motifs is 1. The Bertz CT molecular complexity index is 672. The molecule has 3 atom stereocenters. The van der Waals surface area contributed by atoms with Crippen molar-refractivity contribution < 1.29 is 4.79 Å². The monoisotopic (exact) mass is 325 g/mol. The van der Waals surface area contributed by atoms with Crippen LogP contribution in [0.1, 0.15) is 37.8 Å². The molecule has 3 unspecified atom stereocenters. The van der Waals surface area contributed by atoms with Crippen molar-refractivity contribution in [1.29, 1.82) is 0 Å². The van der Waals surface area contributed by atoms with E-state index in [-0.39, 0.29) is 11.9 Å². The number of nitrogens with zero attached hydrogens (tertiary/aromatic N) is 3. The molecule has 126 valence electrons. The average molecular weight is 325 g/mol. The molecule has 2 aromatic heterocycles. The second kappa shape index (κ2) is 6.63. The van der Waals surface area contributed by atoms with Crippen LogP contribution in [0.4, 0.5) is 5.95 Å². The number of hydrogen-bond donors (Lipinski definition) is 2. The molecule has 6 heteroatoms. The molecule has 24 heavy (non-hydrogen) atoms. The first-order chi connectivity index (χ1) is 11.8. The quantitative estimate of drug-likeness (QED) is 0.904. The SMILES string of the molecule is O=C(NCc1ccc[nH]1)C1CC2CCCCC2N1c1ncccn1. The number of carbonyl (C=O) groups excluding carboxylic acids is 1. The molecule has 0 aromatic carbocycles. The average Bonchev–Trinajstić information content (AvgIpc) is 3.28. The number of nitrogens with one attached hydrogen (secondary N) is 2. The second-order valence-electron chi connectivity index (χ2n) is 6.73. The molecule has 2 aromatic rings. The number of hydrogen-bond acceptors (Lipinski definition) is 4. The van der Waals surface area contributed by atoms with Gasteiger partial charge in [0, 0.05) is 30.3 Å². The third kappa shape index (κ3) is 2.88. The van der Waals surface area contributed by atoms with E-state index in [2.05, 4.69) is 25.2 Å². The minimum atomic E-state index is -0.171. The lowest BCUT2D eigenvalue weighted by Gasteiger charge is -2.33. The summed E-state index contributed by atoms with van der Waals surface area (Å²) in [6.45, 7) is 0.529. The van der Waals surface area contributed by atoms with Gasteiger partial charge in [-0.15, -0.1) is 0 Å². The Kier molecular flexibility index (Phi) is 4.19. The predicted molar refractivity (Wildman–Crippen MR) is 91.3 cm³/mol. The van der Waals surface area contributed by atoms with Gasteiger partial charge >= 0.3 is 0 Å². The van der Waals surface area contributed by atoms with E-state index >= 15 is 0 Å². The summed E-state index contributed by atoms with van der Waals surface area (Å²) in [6, 6.07) is 5.96. The van der Waals surface area contributed by atoms with E-state index in [1.54, 1.807) is 12.4 Å². The van der Waals surface area contributed by atoms with Gasteiger partial charge in [0.2, 0.25) is 11.9 Å². The van der Waals surface area contributed by atoms with Gasteiger partial charge in [-0.2, -0.15) is 0 Å². The fraction of sp³-hybridized carbons (Fsp3) is 0.500. The van der Waals surface area contributed by atoms with E-state index < -0.39 is 0 Å². The molecule has 2 fully saturated rings. The maximum atomic E-state index is 12.8. The van der Waals surface area contributed by atoms with Crippen LogP contribution in [0.15, 0.2) is 36.8 Å². The fourth-order valence-corrected chi connectivity index (χ4v) is 4.18. The maximum Gasteiger partial charge on any atom is 0.243 e. The molecule has 1 saturated carbocycles. The molecule has 4 rings (SSSR count). The van der Waals surface area contributed by atoms with Gasteiger partial charge in [-0.3, -0.25) is 4.79 Å². The Balaban J connectivity index is 1.54. The molecule has 0 spiro atoms.